The summed E-state index contributed by atoms with van der Waals surface area (Å²) in [5.41, 5.74) is 1.90. The molecule has 0 bridgehead atoms. The van der Waals surface area contributed by atoms with Gasteiger partial charge in [0, 0.05) is 0 Å². The van der Waals surface area contributed by atoms with Crippen molar-refractivity contribution in [3.05, 3.63) is 57.0 Å². The summed E-state index contributed by atoms with van der Waals surface area (Å²) in [6.07, 6.45) is 0.0997. The molecule has 1 aromatic heterocycles. The van der Waals surface area contributed by atoms with E-state index in [4.69, 9.17) is 5.11 Å². The Morgan fingerprint density at radius 1 is 1.36 bits per heavy atom. The molecule has 1 unspecified atom stereocenters. The summed E-state index contributed by atoms with van der Waals surface area (Å²) in [5, 5.41) is 13.3. The van der Waals surface area contributed by atoms with Gasteiger partial charge < -0.3 is 10.4 Å². The van der Waals surface area contributed by atoms with Gasteiger partial charge in [-0.2, -0.15) is 0 Å². The van der Waals surface area contributed by atoms with Crippen LogP contribution in [-0.4, -0.2) is 17.0 Å². The van der Waals surface area contributed by atoms with Gasteiger partial charge in [0.2, 0.25) is 5.91 Å². The molecule has 0 saturated heterocycles. The Labute approximate surface area is 131 Å². The largest absolute Gasteiger partial charge is 0.477 e. The van der Waals surface area contributed by atoms with Crippen LogP contribution in [0.15, 0.2) is 29.6 Å². The molecule has 1 heterocycles. The predicted molar refractivity (Wildman–Crippen MR) is 82.7 cm³/mol. The number of rotatable bonds is 5. The van der Waals surface area contributed by atoms with Crippen LogP contribution in [0, 0.1) is 12.7 Å². The van der Waals surface area contributed by atoms with Crippen molar-refractivity contribution in [1.29, 1.82) is 0 Å². The zero-order valence-corrected chi connectivity index (χ0v) is 13.0. The van der Waals surface area contributed by atoms with Crippen LogP contribution in [0.5, 0.6) is 0 Å². The van der Waals surface area contributed by atoms with Crippen molar-refractivity contribution >= 4 is 23.2 Å². The number of carbonyl (C=O) groups is 2. The quantitative estimate of drug-likeness (QED) is 0.888. The fraction of sp³-hybridized carbons (Fsp3) is 0.250. The number of halogens is 1. The zero-order valence-electron chi connectivity index (χ0n) is 12.2. The first kappa shape index (κ1) is 16.2. The van der Waals surface area contributed by atoms with Gasteiger partial charge in [-0.05, 0) is 48.1 Å². The lowest BCUT2D eigenvalue weighted by Crippen LogP contribution is -2.28. The Bertz CT molecular complexity index is 711. The van der Waals surface area contributed by atoms with Gasteiger partial charge in [-0.25, -0.2) is 9.18 Å². The summed E-state index contributed by atoms with van der Waals surface area (Å²) in [7, 11) is 0. The number of benzene rings is 1. The molecule has 0 aliphatic rings. The van der Waals surface area contributed by atoms with Gasteiger partial charge in [0.1, 0.15) is 10.7 Å². The summed E-state index contributed by atoms with van der Waals surface area (Å²) in [6, 6.07) is 6.03. The Morgan fingerprint density at radius 3 is 2.68 bits per heavy atom. The number of amides is 1. The molecule has 0 aliphatic heterocycles. The lowest BCUT2D eigenvalue weighted by Gasteiger charge is -2.14. The lowest BCUT2D eigenvalue weighted by atomic mass is 10.1. The van der Waals surface area contributed by atoms with E-state index in [1.807, 2.05) is 0 Å². The average molecular weight is 321 g/mol. The molecular formula is C16H16FNO3S. The molecule has 0 aliphatic carbocycles. The predicted octanol–water partition coefficient (Wildman–Crippen LogP) is 3.31. The lowest BCUT2D eigenvalue weighted by molar-refractivity contribution is -0.121. The van der Waals surface area contributed by atoms with Crippen molar-refractivity contribution in [1.82, 2.24) is 5.32 Å². The Hall–Kier alpha value is -2.21. The highest BCUT2D eigenvalue weighted by Gasteiger charge is 2.13. The topological polar surface area (TPSA) is 66.4 Å². The van der Waals surface area contributed by atoms with Crippen LogP contribution in [0.25, 0.3) is 0 Å². The summed E-state index contributed by atoms with van der Waals surface area (Å²) in [4.78, 5) is 23.0. The molecule has 2 rings (SSSR count). The van der Waals surface area contributed by atoms with Crippen LogP contribution in [0.4, 0.5) is 4.39 Å². The normalized spacial score (nSPS) is 12.0. The third kappa shape index (κ3) is 3.92. The van der Waals surface area contributed by atoms with E-state index in [1.165, 1.54) is 12.1 Å². The van der Waals surface area contributed by atoms with Crippen LogP contribution in [0.1, 0.15) is 39.3 Å². The van der Waals surface area contributed by atoms with E-state index < -0.39 is 5.97 Å². The third-order valence-electron chi connectivity index (χ3n) is 3.30. The molecule has 1 amide bonds. The molecule has 22 heavy (non-hydrogen) atoms. The number of hydrogen-bond donors (Lipinski definition) is 2. The minimum atomic E-state index is -1.000. The van der Waals surface area contributed by atoms with E-state index >= 15 is 0 Å². The Balaban J connectivity index is 1.98. The summed E-state index contributed by atoms with van der Waals surface area (Å²) in [6.45, 7) is 3.46. The Kier molecular flexibility index (Phi) is 4.92. The zero-order chi connectivity index (χ0) is 16.3. The molecule has 116 valence electrons. The van der Waals surface area contributed by atoms with E-state index in [2.05, 4.69) is 5.32 Å². The second kappa shape index (κ2) is 6.70. The highest BCUT2D eigenvalue weighted by Crippen LogP contribution is 2.18. The van der Waals surface area contributed by atoms with Crippen molar-refractivity contribution in [3.8, 4) is 0 Å². The molecule has 1 aromatic carbocycles. The van der Waals surface area contributed by atoms with Crippen molar-refractivity contribution in [2.24, 2.45) is 0 Å². The fourth-order valence-corrected chi connectivity index (χ4v) is 2.77. The van der Waals surface area contributed by atoms with Gasteiger partial charge in [0.25, 0.3) is 0 Å². The van der Waals surface area contributed by atoms with E-state index in [9.17, 15) is 14.0 Å². The van der Waals surface area contributed by atoms with Gasteiger partial charge in [-0.1, -0.05) is 12.1 Å². The molecule has 2 N–H and O–H groups in total. The number of hydrogen-bond acceptors (Lipinski definition) is 3. The van der Waals surface area contributed by atoms with Crippen LogP contribution in [-0.2, 0) is 11.2 Å². The Morgan fingerprint density at radius 2 is 2.09 bits per heavy atom. The smallest absolute Gasteiger partial charge is 0.345 e. The van der Waals surface area contributed by atoms with Crippen molar-refractivity contribution in [2.75, 3.05) is 0 Å². The highest BCUT2D eigenvalue weighted by molar-refractivity contribution is 7.12. The van der Waals surface area contributed by atoms with Gasteiger partial charge >= 0.3 is 5.97 Å². The molecule has 4 nitrogen and oxygen atoms in total. The van der Waals surface area contributed by atoms with Gasteiger partial charge in [0.15, 0.2) is 0 Å². The molecule has 2 aromatic rings. The first-order valence-corrected chi connectivity index (χ1v) is 7.61. The molecule has 0 radical (unpaired) electrons. The minimum Gasteiger partial charge on any atom is -0.477 e. The summed E-state index contributed by atoms with van der Waals surface area (Å²) < 4.78 is 13.5. The maximum absolute atomic E-state index is 13.5. The molecular weight excluding hydrogens is 305 g/mol. The second-order valence-corrected chi connectivity index (χ2v) is 6.01. The van der Waals surface area contributed by atoms with Crippen LogP contribution in [0.2, 0.25) is 0 Å². The van der Waals surface area contributed by atoms with Crippen molar-refractivity contribution < 1.29 is 19.1 Å². The maximum Gasteiger partial charge on any atom is 0.345 e. The molecule has 0 spiro atoms. The second-order valence-electron chi connectivity index (χ2n) is 5.10. The number of carbonyl (C=O) groups excluding carboxylic acids is 1. The van der Waals surface area contributed by atoms with Gasteiger partial charge in [0.05, 0.1) is 12.5 Å². The number of carboxylic acid groups (broad SMARTS) is 1. The van der Waals surface area contributed by atoms with E-state index in [0.29, 0.717) is 16.7 Å². The SMILES string of the molecule is Cc1ccc(C(C)NC(=O)Cc2csc(C(=O)O)c2)cc1F. The van der Waals surface area contributed by atoms with Gasteiger partial charge in [-0.3, -0.25) is 4.79 Å². The summed E-state index contributed by atoms with van der Waals surface area (Å²) >= 11 is 1.09. The average Bonchev–Trinajstić information content (AvgIpc) is 2.90. The van der Waals surface area contributed by atoms with Crippen LogP contribution >= 0.6 is 11.3 Å². The van der Waals surface area contributed by atoms with Crippen LogP contribution in [0.3, 0.4) is 0 Å². The van der Waals surface area contributed by atoms with Crippen molar-refractivity contribution in [2.45, 2.75) is 26.3 Å². The molecule has 0 saturated carbocycles. The number of nitrogens with one attached hydrogen (secondary N) is 1. The fourth-order valence-electron chi connectivity index (χ4n) is 2.02. The standard InChI is InChI=1S/C16H16FNO3S/c1-9-3-4-12(7-13(9)17)10(2)18-15(19)6-11-5-14(16(20)21)22-8-11/h3-5,7-8,10H,6H2,1-2H3,(H,18,19)(H,20,21). The monoisotopic (exact) mass is 321 g/mol. The third-order valence-corrected chi connectivity index (χ3v) is 4.27. The minimum absolute atomic E-state index is 0.0997. The van der Waals surface area contributed by atoms with E-state index in [1.54, 1.807) is 31.4 Å². The van der Waals surface area contributed by atoms with Crippen LogP contribution < -0.4 is 5.32 Å². The first-order chi connectivity index (χ1) is 10.4. The number of thiophene rings is 1. The van der Waals surface area contributed by atoms with E-state index in [-0.39, 0.29) is 29.1 Å². The number of aromatic carboxylic acids is 1. The van der Waals surface area contributed by atoms with Crippen molar-refractivity contribution in [3.63, 3.8) is 0 Å². The van der Waals surface area contributed by atoms with E-state index in [0.717, 1.165) is 11.3 Å². The molecule has 6 heteroatoms. The molecule has 1 atom stereocenters. The highest BCUT2D eigenvalue weighted by atomic mass is 32.1. The number of aryl methyl sites for hydroxylation is 1. The molecule has 0 fully saturated rings. The summed E-state index contributed by atoms with van der Waals surface area (Å²) in [5.74, 6) is -1.54. The maximum atomic E-state index is 13.5. The first-order valence-electron chi connectivity index (χ1n) is 6.73. The van der Waals surface area contributed by atoms with Gasteiger partial charge in [-0.15, -0.1) is 11.3 Å². The number of carboxylic acids is 1.